The minimum Gasteiger partial charge on any atom is -0.508 e. The second-order valence-corrected chi connectivity index (χ2v) is 8.17. The molecule has 0 unspecified atom stereocenters. The highest BCUT2D eigenvalue weighted by atomic mass is 32.2. The number of aryl methyl sites for hydroxylation is 1. The van der Waals surface area contributed by atoms with Crippen LogP contribution >= 0.6 is 0 Å². The molecule has 142 valence electrons. The van der Waals surface area contributed by atoms with E-state index < -0.39 is 9.84 Å². The summed E-state index contributed by atoms with van der Waals surface area (Å²) in [6, 6.07) is 18.1. The summed E-state index contributed by atoms with van der Waals surface area (Å²) >= 11 is 0. The number of aromatic hydroxyl groups is 1. The maximum absolute atomic E-state index is 11.5. The number of nitrogens with zero attached hydrogens (tertiary/aromatic N) is 4. The van der Waals surface area contributed by atoms with Crippen molar-refractivity contribution in [2.75, 3.05) is 6.26 Å². The van der Waals surface area contributed by atoms with Crippen molar-refractivity contribution in [3.63, 3.8) is 0 Å². The summed E-state index contributed by atoms with van der Waals surface area (Å²) in [5.41, 5.74) is 3.41. The van der Waals surface area contributed by atoms with Gasteiger partial charge in [-0.25, -0.2) is 8.42 Å². The minimum absolute atomic E-state index is 0.176. The fraction of sp³-hybridized carbons (Fsp3) is 0.100. The fourth-order valence-electron chi connectivity index (χ4n) is 2.32. The predicted molar refractivity (Wildman–Crippen MR) is 107 cm³/mol. The zero-order valence-corrected chi connectivity index (χ0v) is 16.1. The number of hydrogen-bond acceptors (Lipinski definition) is 7. The van der Waals surface area contributed by atoms with Crippen LogP contribution in [0.15, 0.2) is 92.1 Å². The quantitative estimate of drug-likeness (QED) is 0.542. The molecular weight excluding hydrogens is 376 g/mol. The highest BCUT2D eigenvalue weighted by Gasteiger charge is 2.06. The van der Waals surface area contributed by atoms with Crippen LogP contribution in [-0.2, 0) is 9.84 Å². The van der Waals surface area contributed by atoms with Crippen LogP contribution in [0, 0.1) is 6.92 Å². The molecule has 0 aliphatic carbocycles. The Kier molecular flexibility index (Phi) is 5.60. The van der Waals surface area contributed by atoms with Crippen LogP contribution in [0.4, 0.5) is 22.7 Å². The summed E-state index contributed by atoms with van der Waals surface area (Å²) in [7, 11) is -3.23. The molecule has 0 saturated heterocycles. The third-order valence-corrected chi connectivity index (χ3v) is 4.98. The van der Waals surface area contributed by atoms with Crippen molar-refractivity contribution in [2.45, 2.75) is 11.8 Å². The van der Waals surface area contributed by atoms with Crippen LogP contribution in [0.3, 0.4) is 0 Å². The van der Waals surface area contributed by atoms with Gasteiger partial charge in [0.15, 0.2) is 9.84 Å². The molecule has 0 radical (unpaired) electrons. The summed E-state index contributed by atoms with van der Waals surface area (Å²) in [5.74, 6) is 0.176. The molecule has 7 nitrogen and oxygen atoms in total. The highest BCUT2D eigenvalue weighted by Crippen LogP contribution is 2.28. The van der Waals surface area contributed by atoms with Crippen LogP contribution in [0.1, 0.15) is 5.56 Å². The van der Waals surface area contributed by atoms with Crippen molar-refractivity contribution in [2.24, 2.45) is 20.5 Å². The van der Waals surface area contributed by atoms with Gasteiger partial charge in [0.1, 0.15) is 5.75 Å². The first kappa shape index (κ1) is 19.4. The van der Waals surface area contributed by atoms with Gasteiger partial charge in [-0.05, 0) is 79.2 Å². The van der Waals surface area contributed by atoms with E-state index in [-0.39, 0.29) is 10.6 Å². The molecule has 0 aliphatic rings. The van der Waals surface area contributed by atoms with E-state index in [4.69, 9.17) is 0 Å². The minimum atomic E-state index is -3.23. The third-order valence-electron chi connectivity index (χ3n) is 3.85. The molecule has 0 saturated carbocycles. The molecule has 0 aromatic heterocycles. The third kappa shape index (κ3) is 5.08. The molecule has 1 N–H and O–H groups in total. The summed E-state index contributed by atoms with van der Waals surface area (Å²) in [5, 5.41) is 25.9. The van der Waals surface area contributed by atoms with Crippen molar-refractivity contribution >= 4 is 32.6 Å². The average molecular weight is 394 g/mol. The normalized spacial score (nSPS) is 12.1. The lowest BCUT2D eigenvalue weighted by Gasteiger charge is -2.01. The van der Waals surface area contributed by atoms with E-state index in [2.05, 4.69) is 20.5 Å². The molecule has 3 rings (SSSR count). The largest absolute Gasteiger partial charge is 0.508 e. The van der Waals surface area contributed by atoms with Crippen LogP contribution in [0.5, 0.6) is 5.75 Å². The van der Waals surface area contributed by atoms with Crippen molar-refractivity contribution in [3.8, 4) is 5.75 Å². The Morgan fingerprint density at radius 3 is 1.79 bits per heavy atom. The zero-order chi connectivity index (χ0) is 20.1. The van der Waals surface area contributed by atoms with E-state index in [9.17, 15) is 13.5 Å². The Morgan fingerprint density at radius 2 is 1.21 bits per heavy atom. The summed E-state index contributed by atoms with van der Waals surface area (Å²) in [6.07, 6.45) is 1.16. The predicted octanol–water partition coefficient (Wildman–Crippen LogP) is 5.93. The maximum Gasteiger partial charge on any atom is 0.175 e. The van der Waals surface area contributed by atoms with Gasteiger partial charge in [-0.3, -0.25) is 0 Å². The second kappa shape index (κ2) is 8.10. The van der Waals surface area contributed by atoms with Crippen molar-refractivity contribution in [1.82, 2.24) is 0 Å². The zero-order valence-electron chi connectivity index (χ0n) is 15.3. The Bertz CT molecular complexity index is 1140. The molecular formula is C20H18N4O3S. The number of rotatable bonds is 5. The Hall–Kier alpha value is -3.39. The monoisotopic (exact) mass is 394 g/mol. The smallest absolute Gasteiger partial charge is 0.175 e. The molecule has 0 bridgehead atoms. The van der Waals surface area contributed by atoms with Gasteiger partial charge in [0, 0.05) is 6.26 Å². The summed E-state index contributed by atoms with van der Waals surface area (Å²) in [6.45, 7) is 1.89. The Morgan fingerprint density at radius 1 is 0.714 bits per heavy atom. The molecule has 0 fully saturated rings. The van der Waals surface area contributed by atoms with Crippen molar-refractivity contribution in [1.29, 1.82) is 0 Å². The molecule has 0 spiro atoms. The van der Waals surface area contributed by atoms with Crippen LogP contribution < -0.4 is 0 Å². The highest BCUT2D eigenvalue weighted by molar-refractivity contribution is 7.90. The van der Waals surface area contributed by atoms with Crippen LogP contribution in [-0.4, -0.2) is 19.8 Å². The number of benzene rings is 3. The van der Waals surface area contributed by atoms with Gasteiger partial charge in [0.2, 0.25) is 0 Å². The Labute approximate surface area is 163 Å². The van der Waals surface area contributed by atoms with E-state index in [1.807, 2.05) is 13.0 Å². The SMILES string of the molecule is Cc1cc(N=Nc2ccc(O)cc2)ccc1N=Nc1ccc(S(C)(=O)=O)cc1. The molecule has 0 atom stereocenters. The maximum atomic E-state index is 11.5. The molecule has 8 heteroatoms. The Balaban J connectivity index is 1.73. The second-order valence-electron chi connectivity index (χ2n) is 6.15. The molecule has 0 heterocycles. The van der Waals surface area contributed by atoms with Gasteiger partial charge in [-0.15, -0.1) is 0 Å². The number of phenolic OH excluding ortho intramolecular Hbond substituents is 1. The number of phenols is 1. The van der Waals surface area contributed by atoms with E-state index >= 15 is 0 Å². The topological polar surface area (TPSA) is 104 Å². The van der Waals surface area contributed by atoms with E-state index in [0.29, 0.717) is 22.7 Å². The average Bonchev–Trinajstić information content (AvgIpc) is 2.66. The molecule has 28 heavy (non-hydrogen) atoms. The van der Waals surface area contributed by atoms with Crippen LogP contribution in [0.2, 0.25) is 0 Å². The van der Waals surface area contributed by atoms with E-state index in [1.54, 1.807) is 48.5 Å². The first-order valence-corrected chi connectivity index (χ1v) is 10.2. The van der Waals surface area contributed by atoms with E-state index in [0.717, 1.165) is 11.8 Å². The van der Waals surface area contributed by atoms with Gasteiger partial charge in [-0.1, -0.05) is 0 Å². The van der Waals surface area contributed by atoms with E-state index in [1.165, 1.54) is 12.1 Å². The van der Waals surface area contributed by atoms with Gasteiger partial charge < -0.3 is 5.11 Å². The molecule has 3 aromatic rings. The fourth-order valence-corrected chi connectivity index (χ4v) is 2.95. The number of sulfone groups is 1. The number of azo groups is 2. The number of hydrogen-bond donors (Lipinski definition) is 1. The van der Waals surface area contributed by atoms with Gasteiger partial charge >= 0.3 is 0 Å². The van der Waals surface area contributed by atoms with Crippen LogP contribution in [0.25, 0.3) is 0 Å². The standard InChI is InChI=1S/C20H18N4O3S/c1-14-13-17(23-21-15-3-8-18(25)9-4-15)7-12-20(14)24-22-16-5-10-19(11-6-16)28(2,26)27/h3-13,25H,1-2H3. The first-order valence-electron chi connectivity index (χ1n) is 8.34. The summed E-state index contributed by atoms with van der Waals surface area (Å²) < 4.78 is 23.0. The molecule has 0 amide bonds. The molecule has 0 aliphatic heterocycles. The lowest BCUT2D eigenvalue weighted by molar-refractivity contribution is 0.475. The van der Waals surface area contributed by atoms with Gasteiger partial charge in [-0.2, -0.15) is 20.5 Å². The molecule has 3 aromatic carbocycles. The van der Waals surface area contributed by atoms with Crippen molar-refractivity contribution < 1.29 is 13.5 Å². The summed E-state index contributed by atoms with van der Waals surface area (Å²) in [4.78, 5) is 0.242. The van der Waals surface area contributed by atoms with Gasteiger partial charge in [0.05, 0.1) is 27.6 Å². The lowest BCUT2D eigenvalue weighted by Crippen LogP contribution is -1.95. The first-order chi connectivity index (χ1) is 13.3. The van der Waals surface area contributed by atoms with Crippen molar-refractivity contribution in [3.05, 3.63) is 72.3 Å². The van der Waals surface area contributed by atoms with Gasteiger partial charge in [0.25, 0.3) is 0 Å². The lowest BCUT2D eigenvalue weighted by atomic mass is 10.2.